The van der Waals surface area contributed by atoms with Crippen LogP contribution >= 0.6 is 0 Å². The first-order chi connectivity index (χ1) is 12.0. The van der Waals surface area contributed by atoms with Crippen LogP contribution < -0.4 is 21.1 Å². The van der Waals surface area contributed by atoms with Crippen molar-refractivity contribution in [1.82, 2.24) is 15.6 Å². The zero-order valence-corrected chi connectivity index (χ0v) is 14.3. The zero-order valence-electron chi connectivity index (χ0n) is 14.3. The van der Waals surface area contributed by atoms with E-state index >= 15 is 0 Å². The summed E-state index contributed by atoms with van der Waals surface area (Å²) in [6.45, 7) is 2.23. The van der Waals surface area contributed by atoms with E-state index in [1.807, 2.05) is 37.3 Å². The number of carbonyl (C=O) groups is 2. The van der Waals surface area contributed by atoms with Crippen LogP contribution in [0.4, 0.5) is 4.79 Å². The Morgan fingerprint density at radius 3 is 2.76 bits per heavy atom. The third-order valence-corrected chi connectivity index (χ3v) is 3.67. The Morgan fingerprint density at radius 1 is 1.28 bits per heavy atom. The van der Waals surface area contributed by atoms with Crippen LogP contribution in [-0.4, -0.2) is 24.0 Å². The number of benzene rings is 1. The van der Waals surface area contributed by atoms with Crippen LogP contribution in [0, 0.1) is 6.92 Å². The number of hydrogen-bond acceptors (Lipinski definition) is 4. The van der Waals surface area contributed by atoms with Gasteiger partial charge >= 0.3 is 6.03 Å². The van der Waals surface area contributed by atoms with Gasteiger partial charge in [-0.2, -0.15) is 0 Å². The topological polar surface area (TPSA) is 106 Å². The van der Waals surface area contributed by atoms with Gasteiger partial charge in [0, 0.05) is 18.3 Å². The van der Waals surface area contributed by atoms with Crippen LogP contribution in [0.15, 0.2) is 42.6 Å². The monoisotopic (exact) mass is 342 g/mol. The predicted molar refractivity (Wildman–Crippen MR) is 93.9 cm³/mol. The minimum Gasteiger partial charge on any atom is -0.481 e. The van der Waals surface area contributed by atoms with Crippen molar-refractivity contribution in [3.05, 3.63) is 59.3 Å². The van der Waals surface area contributed by atoms with Gasteiger partial charge in [0.15, 0.2) is 0 Å². The number of carbonyl (C=O) groups excluding carboxylic acids is 2. The van der Waals surface area contributed by atoms with Gasteiger partial charge < -0.3 is 21.1 Å². The summed E-state index contributed by atoms with van der Waals surface area (Å²) in [6.07, 6.45) is 1.70. The van der Waals surface area contributed by atoms with E-state index in [4.69, 9.17) is 10.5 Å². The van der Waals surface area contributed by atoms with Gasteiger partial charge in [0.25, 0.3) is 0 Å². The number of pyridine rings is 1. The van der Waals surface area contributed by atoms with E-state index in [0.717, 1.165) is 16.7 Å². The second kappa shape index (κ2) is 8.68. The first-order valence-corrected chi connectivity index (χ1v) is 7.86. The van der Waals surface area contributed by atoms with E-state index < -0.39 is 12.1 Å². The third-order valence-electron chi connectivity index (χ3n) is 3.67. The maximum atomic E-state index is 12.3. The van der Waals surface area contributed by atoms with Crippen LogP contribution in [0.25, 0.3) is 0 Å². The molecule has 0 bridgehead atoms. The van der Waals surface area contributed by atoms with E-state index in [9.17, 15) is 9.59 Å². The molecular weight excluding hydrogens is 320 g/mol. The summed E-state index contributed by atoms with van der Waals surface area (Å²) in [5.41, 5.74) is 7.88. The number of urea groups is 1. The molecule has 0 saturated carbocycles. The molecule has 2 rings (SSSR count). The molecule has 132 valence electrons. The number of aryl methyl sites for hydroxylation is 1. The molecule has 1 heterocycles. The van der Waals surface area contributed by atoms with Crippen molar-refractivity contribution in [1.29, 1.82) is 0 Å². The highest BCUT2D eigenvalue weighted by atomic mass is 16.5. The molecule has 0 radical (unpaired) electrons. The fourth-order valence-electron chi connectivity index (χ4n) is 2.50. The van der Waals surface area contributed by atoms with Crippen molar-refractivity contribution in [2.75, 3.05) is 7.11 Å². The SMILES string of the molecule is COc1ncccc1CNC(=O)CC(NC(N)=O)c1cccc(C)c1. The minimum absolute atomic E-state index is 0.0783. The highest BCUT2D eigenvalue weighted by molar-refractivity contribution is 5.78. The Morgan fingerprint density at radius 2 is 2.08 bits per heavy atom. The molecule has 1 unspecified atom stereocenters. The highest BCUT2D eigenvalue weighted by Crippen LogP contribution is 2.18. The molecule has 1 aromatic carbocycles. The Balaban J connectivity index is 2.03. The van der Waals surface area contributed by atoms with Gasteiger partial charge in [-0.1, -0.05) is 35.9 Å². The maximum Gasteiger partial charge on any atom is 0.312 e. The second-order valence-corrected chi connectivity index (χ2v) is 5.63. The standard InChI is InChI=1S/C18H22N4O3/c1-12-5-3-6-13(9-12)15(22-18(19)24)10-16(23)21-11-14-7-4-8-20-17(14)25-2/h3-9,15H,10-11H2,1-2H3,(H,21,23)(H3,19,22,24). The number of hydrogen-bond donors (Lipinski definition) is 3. The van der Waals surface area contributed by atoms with E-state index in [0.29, 0.717) is 5.88 Å². The van der Waals surface area contributed by atoms with Crippen LogP contribution in [0.3, 0.4) is 0 Å². The molecule has 0 fully saturated rings. The highest BCUT2D eigenvalue weighted by Gasteiger charge is 2.18. The summed E-state index contributed by atoms with van der Waals surface area (Å²) in [5.74, 6) is 0.249. The number of ether oxygens (including phenoxy) is 1. The quantitative estimate of drug-likeness (QED) is 0.713. The van der Waals surface area contributed by atoms with Crippen LogP contribution in [0.1, 0.15) is 29.2 Å². The Hall–Kier alpha value is -3.09. The Labute approximate surface area is 146 Å². The Kier molecular flexibility index (Phi) is 6.33. The van der Waals surface area contributed by atoms with Crippen LogP contribution in [0.2, 0.25) is 0 Å². The van der Waals surface area contributed by atoms with Crippen molar-refractivity contribution in [2.24, 2.45) is 5.73 Å². The lowest BCUT2D eigenvalue weighted by atomic mass is 10.0. The number of methoxy groups -OCH3 is 1. The van der Waals surface area contributed by atoms with Gasteiger partial charge in [0.05, 0.1) is 19.6 Å². The molecule has 0 aliphatic heterocycles. The van der Waals surface area contributed by atoms with Crippen molar-refractivity contribution in [3.63, 3.8) is 0 Å². The lowest BCUT2D eigenvalue weighted by molar-refractivity contribution is -0.121. The molecule has 4 N–H and O–H groups in total. The number of amides is 3. The fraction of sp³-hybridized carbons (Fsp3) is 0.278. The summed E-state index contributed by atoms with van der Waals surface area (Å²) in [4.78, 5) is 27.7. The molecule has 7 nitrogen and oxygen atoms in total. The molecular formula is C18H22N4O3. The maximum absolute atomic E-state index is 12.3. The number of rotatable bonds is 7. The van der Waals surface area contributed by atoms with Crippen molar-refractivity contribution in [3.8, 4) is 5.88 Å². The summed E-state index contributed by atoms with van der Waals surface area (Å²) < 4.78 is 5.16. The summed E-state index contributed by atoms with van der Waals surface area (Å²) in [5, 5.41) is 5.43. The van der Waals surface area contributed by atoms with Crippen molar-refractivity contribution in [2.45, 2.75) is 25.9 Å². The van der Waals surface area contributed by atoms with Crippen molar-refractivity contribution < 1.29 is 14.3 Å². The van der Waals surface area contributed by atoms with Crippen LogP contribution in [0.5, 0.6) is 5.88 Å². The number of nitrogens with zero attached hydrogens (tertiary/aromatic N) is 1. The predicted octanol–water partition coefficient (Wildman–Crippen LogP) is 1.81. The van der Waals surface area contributed by atoms with E-state index in [1.165, 1.54) is 7.11 Å². The van der Waals surface area contributed by atoms with Gasteiger partial charge in [-0.05, 0) is 18.6 Å². The average Bonchev–Trinajstić information content (AvgIpc) is 2.59. The van der Waals surface area contributed by atoms with Gasteiger partial charge in [0.2, 0.25) is 11.8 Å². The van der Waals surface area contributed by atoms with Crippen LogP contribution in [-0.2, 0) is 11.3 Å². The van der Waals surface area contributed by atoms with Crippen molar-refractivity contribution >= 4 is 11.9 Å². The average molecular weight is 342 g/mol. The molecule has 0 spiro atoms. The van der Waals surface area contributed by atoms with E-state index in [-0.39, 0.29) is 18.9 Å². The largest absolute Gasteiger partial charge is 0.481 e. The number of nitrogens with one attached hydrogen (secondary N) is 2. The van der Waals surface area contributed by atoms with Gasteiger partial charge in [0.1, 0.15) is 0 Å². The molecule has 7 heteroatoms. The first-order valence-electron chi connectivity index (χ1n) is 7.86. The molecule has 1 atom stereocenters. The Bertz CT molecular complexity index is 749. The third kappa shape index (κ3) is 5.49. The zero-order chi connectivity index (χ0) is 18.2. The van der Waals surface area contributed by atoms with Gasteiger partial charge in [-0.3, -0.25) is 4.79 Å². The second-order valence-electron chi connectivity index (χ2n) is 5.63. The van der Waals surface area contributed by atoms with Gasteiger partial charge in [-0.15, -0.1) is 0 Å². The van der Waals surface area contributed by atoms with Gasteiger partial charge in [-0.25, -0.2) is 9.78 Å². The number of primary amides is 1. The molecule has 2 aromatic rings. The number of nitrogens with two attached hydrogens (primary N) is 1. The summed E-state index contributed by atoms with van der Waals surface area (Å²) in [6, 6.07) is 10.0. The summed E-state index contributed by atoms with van der Waals surface area (Å²) in [7, 11) is 1.53. The molecule has 3 amide bonds. The van der Waals surface area contributed by atoms with E-state index in [2.05, 4.69) is 15.6 Å². The minimum atomic E-state index is -0.673. The number of aromatic nitrogens is 1. The molecule has 0 aliphatic rings. The first kappa shape index (κ1) is 18.3. The normalized spacial score (nSPS) is 11.4. The fourth-order valence-corrected chi connectivity index (χ4v) is 2.50. The van der Waals surface area contributed by atoms with E-state index in [1.54, 1.807) is 12.3 Å². The molecule has 0 saturated heterocycles. The molecule has 0 aliphatic carbocycles. The molecule has 1 aromatic heterocycles. The molecule has 25 heavy (non-hydrogen) atoms. The smallest absolute Gasteiger partial charge is 0.312 e. The summed E-state index contributed by atoms with van der Waals surface area (Å²) >= 11 is 0. The lowest BCUT2D eigenvalue weighted by Crippen LogP contribution is -2.36. The lowest BCUT2D eigenvalue weighted by Gasteiger charge is -2.18.